The first-order valence-corrected chi connectivity index (χ1v) is 7.17. The smallest absolute Gasteiger partial charge is 0.262 e. The number of aromatic nitrogens is 2. The molecular weight excluding hydrogens is 314 g/mol. The largest absolute Gasteiger partial charge is 0.495 e. The fourth-order valence-corrected chi connectivity index (χ4v) is 2.53. The summed E-state index contributed by atoms with van der Waals surface area (Å²) >= 11 is 5.19. The molecule has 1 aromatic heterocycles. The minimum atomic E-state index is -0.485. The number of allylic oxidation sites excluding steroid dienone is 2. The summed E-state index contributed by atoms with van der Waals surface area (Å²) in [5.74, 6) is 0.245. The van der Waals surface area contributed by atoms with Crippen molar-refractivity contribution in [3.63, 3.8) is 0 Å². The van der Waals surface area contributed by atoms with Crippen LogP contribution >= 0.6 is 12.2 Å². The summed E-state index contributed by atoms with van der Waals surface area (Å²) in [6.07, 6.45) is 6.57. The van der Waals surface area contributed by atoms with Gasteiger partial charge in [0.1, 0.15) is 11.3 Å². The zero-order valence-electron chi connectivity index (χ0n) is 12.2. The van der Waals surface area contributed by atoms with Gasteiger partial charge < -0.3 is 9.84 Å². The molecule has 0 spiro atoms. The number of nitrogens with zero attached hydrogens (tertiary/aromatic N) is 2. The lowest BCUT2D eigenvalue weighted by Crippen LogP contribution is -2.16. The summed E-state index contributed by atoms with van der Waals surface area (Å²) in [4.78, 5) is 18.8. The van der Waals surface area contributed by atoms with Crippen molar-refractivity contribution in [2.75, 3.05) is 7.11 Å². The predicted molar refractivity (Wildman–Crippen MR) is 91.0 cm³/mol. The number of aromatic amines is 1. The summed E-state index contributed by atoms with van der Waals surface area (Å²) in [7, 11) is 1.52. The minimum Gasteiger partial charge on any atom is -0.495 e. The summed E-state index contributed by atoms with van der Waals surface area (Å²) < 4.78 is 6.72. The van der Waals surface area contributed by atoms with E-state index in [1.54, 1.807) is 42.6 Å². The molecule has 0 amide bonds. The molecule has 0 radical (unpaired) electrons. The van der Waals surface area contributed by atoms with Crippen LogP contribution in [0.15, 0.2) is 51.9 Å². The van der Waals surface area contributed by atoms with Crippen LogP contribution in [0.2, 0.25) is 0 Å². The quantitative estimate of drug-likeness (QED) is 0.849. The molecule has 116 valence electrons. The van der Waals surface area contributed by atoms with E-state index in [1.165, 1.54) is 17.8 Å². The van der Waals surface area contributed by atoms with Crippen LogP contribution in [-0.2, 0) is 0 Å². The van der Waals surface area contributed by atoms with Crippen molar-refractivity contribution in [2.45, 2.75) is 0 Å². The summed E-state index contributed by atoms with van der Waals surface area (Å²) in [6, 6.07) is 7.06. The number of aromatic hydroxyl groups is 1. The Kier molecular flexibility index (Phi) is 3.94. The maximum atomic E-state index is 12.1. The molecule has 0 bridgehead atoms. The summed E-state index contributed by atoms with van der Waals surface area (Å²) in [5, 5.41) is 10.6. The van der Waals surface area contributed by atoms with E-state index < -0.39 is 5.56 Å². The van der Waals surface area contributed by atoms with Crippen molar-refractivity contribution < 1.29 is 9.84 Å². The minimum absolute atomic E-state index is 0.0724. The Morgan fingerprint density at radius 1 is 1.39 bits per heavy atom. The van der Waals surface area contributed by atoms with Crippen molar-refractivity contribution in [1.82, 2.24) is 9.55 Å². The summed E-state index contributed by atoms with van der Waals surface area (Å²) in [6.45, 7) is 0. The molecule has 3 rings (SSSR count). The number of para-hydroxylation sites is 2. The molecule has 6 nitrogen and oxygen atoms in total. The molecule has 2 heterocycles. The summed E-state index contributed by atoms with van der Waals surface area (Å²) in [5.41, 5.74) is 0.679. The molecule has 7 heteroatoms. The number of ether oxygens (including phenoxy) is 1. The Morgan fingerprint density at radius 3 is 2.87 bits per heavy atom. The van der Waals surface area contributed by atoms with Crippen LogP contribution in [0.3, 0.4) is 0 Å². The highest BCUT2D eigenvalue weighted by Crippen LogP contribution is 2.28. The van der Waals surface area contributed by atoms with Crippen LogP contribution < -0.4 is 10.3 Å². The van der Waals surface area contributed by atoms with Crippen molar-refractivity contribution >= 4 is 24.5 Å². The van der Waals surface area contributed by atoms with E-state index in [0.29, 0.717) is 17.1 Å². The first-order chi connectivity index (χ1) is 11.1. The van der Waals surface area contributed by atoms with Crippen LogP contribution in [0, 0.1) is 4.77 Å². The second kappa shape index (κ2) is 6.05. The second-order valence-corrected chi connectivity index (χ2v) is 5.10. The molecule has 0 unspecified atom stereocenters. The average Bonchev–Trinajstić information content (AvgIpc) is 3.05. The van der Waals surface area contributed by atoms with Crippen molar-refractivity contribution in [2.24, 2.45) is 4.99 Å². The standard InChI is InChI=1S/C16H13N3O3S/c1-22-13-7-3-2-6-12(13)19-15(21)11(14(20)18-16(19)23)9-10-5-4-8-17-10/h2-9,21H,1H3,(H,18,20,23)/b10-9-. The van der Waals surface area contributed by atoms with Gasteiger partial charge in [0.2, 0.25) is 5.88 Å². The fourth-order valence-electron chi connectivity index (χ4n) is 2.25. The number of hydrogen-bond donors (Lipinski definition) is 2. The number of benzene rings is 1. The number of methoxy groups -OCH3 is 1. The van der Waals surface area contributed by atoms with Gasteiger partial charge in [0.15, 0.2) is 4.77 Å². The first-order valence-electron chi connectivity index (χ1n) is 6.76. The van der Waals surface area contributed by atoms with Crippen LogP contribution in [0.4, 0.5) is 0 Å². The zero-order valence-corrected chi connectivity index (χ0v) is 13.0. The lowest BCUT2D eigenvalue weighted by Gasteiger charge is -2.14. The highest BCUT2D eigenvalue weighted by molar-refractivity contribution is 7.71. The van der Waals surface area contributed by atoms with Gasteiger partial charge in [-0.1, -0.05) is 12.1 Å². The molecule has 0 aliphatic carbocycles. The van der Waals surface area contributed by atoms with Gasteiger partial charge in [0.05, 0.1) is 18.5 Å². The third kappa shape index (κ3) is 2.74. The number of rotatable bonds is 3. The van der Waals surface area contributed by atoms with Crippen LogP contribution in [0.25, 0.3) is 11.8 Å². The molecule has 2 aromatic rings. The molecular formula is C16H13N3O3S. The van der Waals surface area contributed by atoms with Gasteiger partial charge in [-0.3, -0.25) is 19.3 Å². The van der Waals surface area contributed by atoms with Crippen LogP contribution in [0.1, 0.15) is 5.56 Å². The van der Waals surface area contributed by atoms with Gasteiger partial charge in [0.25, 0.3) is 5.56 Å². The molecule has 1 aliphatic rings. The van der Waals surface area contributed by atoms with Gasteiger partial charge in [-0.25, -0.2) is 0 Å². The van der Waals surface area contributed by atoms with E-state index in [9.17, 15) is 9.90 Å². The van der Waals surface area contributed by atoms with Gasteiger partial charge in [-0.05, 0) is 42.6 Å². The van der Waals surface area contributed by atoms with E-state index in [4.69, 9.17) is 17.0 Å². The maximum absolute atomic E-state index is 12.1. The molecule has 0 saturated heterocycles. The van der Waals surface area contributed by atoms with E-state index in [2.05, 4.69) is 9.98 Å². The SMILES string of the molecule is COc1ccccc1-n1c(O)c(/C=C2/C=CC=N2)c(=O)[nH]c1=S. The van der Waals surface area contributed by atoms with Crippen LogP contribution in [0.5, 0.6) is 11.6 Å². The highest BCUT2D eigenvalue weighted by Gasteiger charge is 2.15. The van der Waals surface area contributed by atoms with Gasteiger partial charge in [0, 0.05) is 6.21 Å². The first kappa shape index (κ1) is 15.0. The van der Waals surface area contributed by atoms with Crippen molar-refractivity contribution in [1.29, 1.82) is 0 Å². The molecule has 1 aliphatic heterocycles. The molecule has 1 aromatic carbocycles. The molecule has 0 saturated carbocycles. The van der Waals surface area contributed by atoms with E-state index >= 15 is 0 Å². The number of nitrogens with one attached hydrogen (secondary N) is 1. The van der Waals surface area contributed by atoms with Gasteiger partial charge >= 0.3 is 0 Å². The van der Waals surface area contributed by atoms with Crippen LogP contribution in [-0.4, -0.2) is 28.0 Å². The topological polar surface area (TPSA) is 79.6 Å². The average molecular weight is 327 g/mol. The fraction of sp³-hybridized carbons (Fsp3) is 0.0625. The van der Waals surface area contributed by atoms with E-state index in [1.807, 2.05) is 0 Å². The lowest BCUT2D eigenvalue weighted by molar-refractivity contribution is 0.402. The Balaban J connectivity index is 2.29. The second-order valence-electron chi connectivity index (χ2n) is 4.71. The van der Waals surface area contributed by atoms with E-state index in [-0.39, 0.29) is 16.2 Å². The normalized spacial score (nSPS) is 14.6. The Bertz CT molecular complexity index is 953. The predicted octanol–water partition coefficient (Wildman–Crippen LogP) is 2.59. The molecule has 0 atom stereocenters. The van der Waals surface area contributed by atoms with Gasteiger partial charge in [-0.15, -0.1) is 0 Å². The highest BCUT2D eigenvalue weighted by atomic mass is 32.1. The number of hydrogen-bond acceptors (Lipinski definition) is 5. The molecule has 2 N–H and O–H groups in total. The monoisotopic (exact) mass is 327 g/mol. The third-order valence-electron chi connectivity index (χ3n) is 3.32. The lowest BCUT2D eigenvalue weighted by atomic mass is 10.2. The van der Waals surface area contributed by atoms with E-state index in [0.717, 1.165) is 0 Å². The Hall–Kier alpha value is -2.93. The number of aliphatic imine (C=N–C) groups is 1. The van der Waals surface area contributed by atoms with Crippen molar-refractivity contribution in [3.05, 3.63) is 62.8 Å². The Morgan fingerprint density at radius 2 is 2.17 bits per heavy atom. The van der Waals surface area contributed by atoms with Gasteiger partial charge in [-0.2, -0.15) is 0 Å². The molecule has 23 heavy (non-hydrogen) atoms. The van der Waals surface area contributed by atoms with Crippen molar-refractivity contribution in [3.8, 4) is 17.3 Å². The third-order valence-corrected chi connectivity index (χ3v) is 3.60. The maximum Gasteiger partial charge on any atom is 0.262 e. The molecule has 0 fully saturated rings. The number of H-pyrrole nitrogens is 1. The Labute approximate surface area is 136 Å². The zero-order chi connectivity index (χ0) is 16.4.